The number of hydrogen-bond donors (Lipinski definition) is 0. The molecule has 1 amide bonds. The van der Waals surface area contributed by atoms with Crippen molar-refractivity contribution in [3.63, 3.8) is 0 Å². The molecule has 1 aliphatic rings. The van der Waals surface area contributed by atoms with E-state index in [1.165, 1.54) is 17.3 Å². The Morgan fingerprint density at radius 1 is 1.18 bits per heavy atom. The molecule has 0 saturated carbocycles. The van der Waals surface area contributed by atoms with Crippen molar-refractivity contribution in [2.24, 2.45) is 5.10 Å². The molecule has 1 unspecified atom stereocenters. The molecule has 0 N–H and O–H groups in total. The van der Waals surface area contributed by atoms with Gasteiger partial charge in [0.05, 0.1) is 22.4 Å². The third-order valence-electron chi connectivity index (χ3n) is 4.61. The Kier molecular flexibility index (Phi) is 5.85. The highest BCUT2D eigenvalue weighted by molar-refractivity contribution is 8.00. The van der Waals surface area contributed by atoms with Gasteiger partial charge in [-0.15, -0.1) is 23.1 Å². The van der Waals surface area contributed by atoms with Crippen LogP contribution in [0.25, 0.3) is 0 Å². The zero-order chi connectivity index (χ0) is 19.5. The fourth-order valence-electron chi connectivity index (χ4n) is 3.12. The van der Waals surface area contributed by atoms with Crippen LogP contribution in [-0.2, 0) is 4.79 Å². The molecule has 0 saturated heterocycles. The Bertz CT molecular complexity index is 982. The van der Waals surface area contributed by atoms with Gasteiger partial charge in [-0.1, -0.05) is 47.5 Å². The molecule has 2 heterocycles. The standard InChI is InChI=1S/C22H19ClN2OS2/c1-15-4-6-16(7-5-15)20-13-19(21-3-2-12-27-21)24-25(20)22(26)14-28-18-10-8-17(23)9-11-18/h2-12,20H,13-14H2,1H3. The molecule has 1 atom stereocenters. The van der Waals surface area contributed by atoms with Crippen molar-refractivity contribution >= 4 is 46.3 Å². The van der Waals surface area contributed by atoms with Gasteiger partial charge in [0.1, 0.15) is 0 Å². The van der Waals surface area contributed by atoms with Crippen LogP contribution in [0.1, 0.15) is 28.5 Å². The molecule has 142 valence electrons. The van der Waals surface area contributed by atoms with Crippen molar-refractivity contribution in [3.8, 4) is 0 Å². The summed E-state index contributed by atoms with van der Waals surface area (Å²) in [6, 6.07) is 19.9. The van der Waals surface area contributed by atoms with Crippen LogP contribution in [0, 0.1) is 6.92 Å². The van der Waals surface area contributed by atoms with Crippen molar-refractivity contribution in [2.45, 2.75) is 24.3 Å². The first-order chi connectivity index (χ1) is 13.6. The van der Waals surface area contributed by atoms with E-state index in [1.54, 1.807) is 16.3 Å². The minimum absolute atomic E-state index is 0.0112. The van der Waals surface area contributed by atoms with E-state index in [0.29, 0.717) is 10.8 Å². The van der Waals surface area contributed by atoms with Crippen molar-refractivity contribution < 1.29 is 4.79 Å². The quantitative estimate of drug-likeness (QED) is 0.456. The first-order valence-electron chi connectivity index (χ1n) is 8.98. The summed E-state index contributed by atoms with van der Waals surface area (Å²) < 4.78 is 0. The minimum atomic E-state index is -0.0592. The molecule has 3 nitrogen and oxygen atoms in total. The fraction of sp³-hybridized carbons (Fsp3) is 0.182. The lowest BCUT2D eigenvalue weighted by atomic mass is 10.00. The average Bonchev–Trinajstić information content (AvgIpc) is 3.38. The van der Waals surface area contributed by atoms with Gasteiger partial charge < -0.3 is 0 Å². The Balaban J connectivity index is 1.55. The van der Waals surface area contributed by atoms with Crippen LogP contribution >= 0.6 is 34.7 Å². The molecule has 0 spiro atoms. The highest BCUT2D eigenvalue weighted by atomic mass is 35.5. The predicted octanol–water partition coefficient (Wildman–Crippen LogP) is 6.18. The Morgan fingerprint density at radius 3 is 2.61 bits per heavy atom. The lowest BCUT2D eigenvalue weighted by molar-refractivity contribution is -0.130. The van der Waals surface area contributed by atoms with Crippen molar-refractivity contribution in [1.82, 2.24) is 5.01 Å². The van der Waals surface area contributed by atoms with E-state index in [0.717, 1.165) is 27.5 Å². The van der Waals surface area contributed by atoms with E-state index in [-0.39, 0.29) is 11.9 Å². The number of hydrazone groups is 1. The molecule has 0 aliphatic carbocycles. The van der Waals surface area contributed by atoms with Gasteiger partial charge in [-0.05, 0) is 48.2 Å². The topological polar surface area (TPSA) is 32.7 Å². The number of rotatable bonds is 5. The van der Waals surface area contributed by atoms with Gasteiger partial charge >= 0.3 is 0 Å². The lowest BCUT2D eigenvalue weighted by Gasteiger charge is -2.22. The van der Waals surface area contributed by atoms with Gasteiger partial charge in [0.25, 0.3) is 5.91 Å². The first-order valence-corrected chi connectivity index (χ1v) is 11.2. The highest BCUT2D eigenvalue weighted by Gasteiger charge is 2.33. The first kappa shape index (κ1) is 19.2. The number of carbonyl (C=O) groups is 1. The van der Waals surface area contributed by atoms with Gasteiger partial charge in [-0.3, -0.25) is 4.79 Å². The van der Waals surface area contributed by atoms with Crippen LogP contribution in [0.15, 0.2) is 76.0 Å². The van der Waals surface area contributed by atoms with Gasteiger partial charge in [0.15, 0.2) is 0 Å². The summed E-state index contributed by atoms with van der Waals surface area (Å²) in [5, 5.41) is 9.12. The fourth-order valence-corrected chi connectivity index (χ4v) is 4.72. The third-order valence-corrected chi connectivity index (χ3v) is 6.78. The summed E-state index contributed by atoms with van der Waals surface area (Å²) in [5.74, 6) is 0.350. The maximum absolute atomic E-state index is 13.0. The summed E-state index contributed by atoms with van der Waals surface area (Å²) in [6.07, 6.45) is 0.737. The van der Waals surface area contributed by atoms with E-state index >= 15 is 0 Å². The number of amides is 1. The van der Waals surface area contributed by atoms with E-state index in [2.05, 4.69) is 37.3 Å². The summed E-state index contributed by atoms with van der Waals surface area (Å²) in [6.45, 7) is 2.07. The van der Waals surface area contributed by atoms with Crippen molar-refractivity contribution in [3.05, 3.63) is 87.1 Å². The number of thioether (sulfide) groups is 1. The average molecular weight is 427 g/mol. The van der Waals surface area contributed by atoms with Crippen LogP contribution in [-0.4, -0.2) is 22.4 Å². The van der Waals surface area contributed by atoms with Gasteiger partial charge in [0, 0.05) is 16.3 Å². The molecule has 0 fully saturated rings. The molecular formula is C22H19ClN2OS2. The third kappa shape index (κ3) is 4.32. The van der Waals surface area contributed by atoms with E-state index < -0.39 is 0 Å². The van der Waals surface area contributed by atoms with Gasteiger partial charge in [-0.2, -0.15) is 5.10 Å². The monoisotopic (exact) mass is 426 g/mol. The highest BCUT2D eigenvalue weighted by Crippen LogP contribution is 2.34. The van der Waals surface area contributed by atoms with Crippen molar-refractivity contribution in [1.29, 1.82) is 0 Å². The molecule has 2 aromatic carbocycles. The van der Waals surface area contributed by atoms with Crippen LogP contribution in [0.3, 0.4) is 0 Å². The number of hydrogen-bond acceptors (Lipinski definition) is 4. The second-order valence-corrected chi connectivity index (χ2v) is 9.07. The van der Waals surface area contributed by atoms with E-state index in [4.69, 9.17) is 16.7 Å². The lowest BCUT2D eigenvalue weighted by Crippen LogP contribution is -2.28. The summed E-state index contributed by atoms with van der Waals surface area (Å²) >= 11 is 9.10. The summed E-state index contributed by atoms with van der Waals surface area (Å²) in [5.41, 5.74) is 3.30. The van der Waals surface area contributed by atoms with Gasteiger partial charge in [-0.25, -0.2) is 5.01 Å². The number of aryl methyl sites for hydroxylation is 1. The number of nitrogens with zero attached hydrogens (tertiary/aromatic N) is 2. The molecule has 1 aromatic heterocycles. The molecule has 6 heteroatoms. The number of carbonyl (C=O) groups excluding carboxylic acids is 1. The maximum Gasteiger partial charge on any atom is 0.253 e. The number of thiophene rings is 1. The summed E-state index contributed by atoms with van der Waals surface area (Å²) in [7, 11) is 0. The molecule has 3 aromatic rings. The summed E-state index contributed by atoms with van der Waals surface area (Å²) in [4.78, 5) is 15.2. The predicted molar refractivity (Wildman–Crippen MR) is 118 cm³/mol. The second-order valence-electron chi connectivity index (χ2n) is 6.64. The van der Waals surface area contributed by atoms with Gasteiger partial charge in [0.2, 0.25) is 0 Å². The van der Waals surface area contributed by atoms with E-state index in [1.807, 2.05) is 35.7 Å². The molecular weight excluding hydrogens is 408 g/mol. The minimum Gasteiger partial charge on any atom is -0.272 e. The SMILES string of the molecule is Cc1ccc(C2CC(c3cccs3)=NN2C(=O)CSc2ccc(Cl)cc2)cc1. The van der Waals surface area contributed by atoms with Crippen LogP contribution in [0.5, 0.6) is 0 Å². The molecule has 1 aliphatic heterocycles. The Hall–Kier alpha value is -2.08. The zero-order valence-electron chi connectivity index (χ0n) is 15.3. The molecule has 4 rings (SSSR count). The molecule has 28 heavy (non-hydrogen) atoms. The second kappa shape index (κ2) is 8.52. The van der Waals surface area contributed by atoms with Crippen molar-refractivity contribution in [2.75, 3.05) is 5.75 Å². The number of benzene rings is 2. The Labute approximate surface area is 178 Å². The van der Waals surface area contributed by atoms with Crippen LogP contribution < -0.4 is 0 Å². The normalized spacial score (nSPS) is 16.3. The molecule has 0 bridgehead atoms. The maximum atomic E-state index is 13.0. The van der Waals surface area contributed by atoms with E-state index in [9.17, 15) is 4.79 Å². The Morgan fingerprint density at radius 2 is 1.93 bits per heavy atom. The molecule has 0 radical (unpaired) electrons. The van der Waals surface area contributed by atoms with Crippen LogP contribution in [0.2, 0.25) is 5.02 Å². The van der Waals surface area contributed by atoms with Crippen LogP contribution in [0.4, 0.5) is 0 Å². The largest absolute Gasteiger partial charge is 0.272 e. The number of halogens is 1. The smallest absolute Gasteiger partial charge is 0.253 e. The zero-order valence-corrected chi connectivity index (χ0v) is 17.7.